The van der Waals surface area contributed by atoms with Crippen LogP contribution in [-0.4, -0.2) is 0 Å². The van der Waals surface area contributed by atoms with Crippen LogP contribution in [0.5, 0.6) is 0 Å². The Kier molecular flexibility index (Phi) is 5.79. The lowest BCUT2D eigenvalue weighted by molar-refractivity contribution is 0.705. The summed E-state index contributed by atoms with van der Waals surface area (Å²) in [7, 11) is 0. The highest BCUT2D eigenvalue weighted by Gasteiger charge is 2.06. The molecular formula is C12H22. The first kappa shape index (κ1) is 11.5. The Bertz CT molecular complexity index is 157. The fraction of sp³-hybridized carbons (Fsp3) is 0.667. The van der Waals surface area contributed by atoms with Crippen molar-refractivity contribution >= 4 is 0 Å². The minimum atomic E-state index is 0.597. The normalized spacial score (nSPS) is 12.3. The third-order valence-electron chi connectivity index (χ3n) is 2.69. The molecule has 0 heterocycles. The van der Waals surface area contributed by atoms with Crippen molar-refractivity contribution in [3.05, 3.63) is 23.8 Å². The lowest BCUT2D eigenvalue weighted by Crippen LogP contribution is -1.99. The van der Waals surface area contributed by atoms with Crippen molar-refractivity contribution in [3.8, 4) is 0 Å². The Morgan fingerprint density at radius 1 is 1.25 bits per heavy atom. The van der Waals surface area contributed by atoms with E-state index in [0.29, 0.717) is 5.92 Å². The number of rotatable bonds is 5. The highest BCUT2D eigenvalue weighted by molar-refractivity contribution is 5.17. The van der Waals surface area contributed by atoms with E-state index in [-0.39, 0.29) is 0 Å². The van der Waals surface area contributed by atoms with Crippen LogP contribution in [0.15, 0.2) is 23.8 Å². The standard InChI is InChI=1S/C12H22/c1-6-11(7-2)10(5)12(8-3)9-4/h6,11H,1,7-9H2,2-5H3. The molecule has 0 N–H and O–H groups in total. The molecule has 0 aromatic carbocycles. The first-order valence-corrected chi connectivity index (χ1v) is 5.02. The van der Waals surface area contributed by atoms with Crippen LogP contribution in [0, 0.1) is 5.92 Å². The monoisotopic (exact) mass is 166 g/mol. The van der Waals surface area contributed by atoms with Crippen molar-refractivity contribution in [1.29, 1.82) is 0 Å². The van der Waals surface area contributed by atoms with Crippen LogP contribution in [0.2, 0.25) is 0 Å². The van der Waals surface area contributed by atoms with Crippen molar-refractivity contribution in [2.45, 2.75) is 47.0 Å². The van der Waals surface area contributed by atoms with Crippen LogP contribution in [-0.2, 0) is 0 Å². The van der Waals surface area contributed by atoms with Crippen LogP contribution < -0.4 is 0 Å². The summed E-state index contributed by atoms with van der Waals surface area (Å²) in [6.45, 7) is 12.8. The smallest absolute Gasteiger partial charge is 0.00287 e. The van der Waals surface area contributed by atoms with Gasteiger partial charge >= 0.3 is 0 Å². The Morgan fingerprint density at radius 2 is 1.75 bits per heavy atom. The minimum Gasteiger partial charge on any atom is -0.102 e. The third-order valence-corrected chi connectivity index (χ3v) is 2.69. The molecule has 1 atom stereocenters. The van der Waals surface area contributed by atoms with E-state index in [1.807, 2.05) is 0 Å². The molecule has 12 heavy (non-hydrogen) atoms. The topological polar surface area (TPSA) is 0 Å². The fourth-order valence-electron chi connectivity index (χ4n) is 1.72. The van der Waals surface area contributed by atoms with E-state index in [1.165, 1.54) is 24.8 Å². The van der Waals surface area contributed by atoms with Gasteiger partial charge in [0.2, 0.25) is 0 Å². The summed E-state index contributed by atoms with van der Waals surface area (Å²) in [5.74, 6) is 0.597. The molecule has 0 aliphatic carbocycles. The molecule has 70 valence electrons. The highest BCUT2D eigenvalue weighted by Crippen LogP contribution is 2.22. The van der Waals surface area contributed by atoms with Gasteiger partial charge in [-0.05, 0) is 32.1 Å². The average Bonchev–Trinajstić information content (AvgIpc) is 2.09. The van der Waals surface area contributed by atoms with Gasteiger partial charge in [-0.3, -0.25) is 0 Å². The van der Waals surface area contributed by atoms with Crippen molar-refractivity contribution < 1.29 is 0 Å². The molecule has 0 radical (unpaired) electrons. The Labute approximate surface area is 77.4 Å². The molecule has 0 spiro atoms. The molecule has 0 rings (SSSR count). The molecule has 0 heteroatoms. The summed E-state index contributed by atoms with van der Waals surface area (Å²) in [6, 6.07) is 0. The first-order chi connectivity index (χ1) is 5.71. The fourth-order valence-corrected chi connectivity index (χ4v) is 1.72. The zero-order valence-electron chi connectivity index (χ0n) is 8.98. The molecule has 0 fully saturated rings. The molecule has 0 aromatic heterocycles. The number of allylic oxidation sites excluding steroid dienone is 3. The van der Waals surface area contributed by atoms with Crippen molar-refractivity contribution in [2.75, 3.05) is 0 Å². The van der Waals surface area contributed by atoms with Crippen LogP contribution in [0.1, 0.15) is 47.0 Å². The van der Waals surface area contributed by atoms with Gasteiger partial charge in [-0.15, -0.1) is 6.58 Å². The molecule has 0 saturated heterocycles. The van der Waals surface area contributed by atoms with Crippen LogP contribution >= 0.6 is 0 Å². The summed E-state index contributed by atoms with van der Waals surface area (Å²) >= 11 is 0. The molecule has 0 aliphatic heterocycles. The lowest BCUT2D eigenvalue weighted by Gasteiger charge is -2.15. The van der Waals surface area contributed by atoms with Gasteiger partial charge in [0.15, 0.2) is 0 Å². The highest BCUT2D eigenvalue weighted by atomic mass is 14.1. The second-order valence-electron chi connectivity index (χ2n) is 3.24. The summed E-state index contributed by atoms with van der Waals surface area (Å²) in [4.78, 5) is 0. The first-order valence-electron chi connectivity index (χ1n) is 5.02. The Morgan fingerprint density at radius 3 is 2.00 bits per heavy atom. The summed E-state index contributed by atoms with van der Waals surface area (Å²) in [5.41, 5.74) is 3.14. The van der Waals surface area contributed by atoms with Gasteiger partial charge in [-0.1, -0.05) is 38.0 Å². The third kappa shape index (κ3) is 2.84. The molecular weight excluding hydrogens is 144 g/mol. The maximum absolute atomic E-state index is 3.87. The van der Waals surface area contributed by atoms with E-state index in [1.54, 1.807) is 5.57 Å². The molecule has 0 saturated carbocycles. The van der Waals surface area contributed by atoms with E-state index in [9.17, 15) is 0 Å². The summed E-state index contributed by atoms with van der Waals surface area (Å²) < 4.78 is 0. The summed E-state index contributed by atoms with van der Waals surface area (Å²) in [6.07, 6.45) is 5.62. The van der Waals surface area contributed by atoms with E-state index < -0.39 is 0 Å². The zero-order chi connectivity index (χ0) is 9.56. The SMILES string of the molecule is C=CC(CC)C(C)=C(CC)CC. The Hall–Kier alpha value is -0.520. The maximum atomic E-state index is 3.87. The van der Waals surface area contributed by atoms with Crippen LogP contribution in [0.4, 0.5) is 0 Å². The second kappa shape index (κ2) is 6.05. The van der Waals surface area contributed by atoms with Crippen molar-refractivity contribution in [2.24, 2.45) is 5.92 Å². The van der Waals surface area contributed by atoms with Gasteiger partial charge in [0.05, 0.1) is 0 Å². The van der Waals surface area contributed by atoms with Gasteiger partial charge in [0.25, 0.3) is 0 Å². The van der Waals surface area contributed by atoms with E-state index in [0.717, 1.165) is 0 Å². The molecule has 0 nitrogen and oxygen atoms in total. The molecule has 0 aromatic rings. The zero-order valence-corrected chi connectivity index (χ0v) is 8.98. The minimum absolute atomic E-state index is 0.597. The van der Waals surface area contributed by atoms with Crippen LogP contribution in [0.3, 0.4) is 0 Å². The van der Waals surface area contributed by atoms with Gasteiger partial charge in [-0.2, -0.15) is 0 Å². The van der Waals surface area contributed by atoms with Gasteiger partial charge in [-0.25, -0.2) is 0 Å². The largest absolute Gasteiger partial charge is 0.102 e. The molecule has 0 aliphatic rings. The van der Waals surface area contributed by atoms with Gasteiger partial charge in [0, 0.05) is 0 Å². The van der Waals surface area contributed by atoms with E-state index in [4.69, 9.17) is 0 Å². The average molecular weight is 166 g/mol. The predicted molar refractivity (Wildman–Crippen MR) is 57.3 cm³/mol. The Balaban J connectivity index is 4.57. The second-order valence-corrected chi connectivity index (χ2v) is 3.24. The summed E-state index contributed by atoms with van der Waals surface area (Å²) in [5, 5.41) is 0. The maximum Gasteiger partial charge on any atom is -0.00287 e. The molecule has 0 amide bonds. The van der Waals surface area contributed by atoms with Crippen LogP contribution in [0.25, 0.3) is 0 Å². The van der Waals surface area contributed by atoms with Crippen molar-refractivity contribution in [3.63, 3.8) is 0 Å². The van der Waals surface area contributed by atoms with Crippen molar-refractivity contribution in [1.82, 2.24) is 0 Å². The van der Waals surface area contributed by atoms with Gasteiger partial charge in [0.1, 0.15) is 0 Å². The lowest BCUT2D eigenvalue weighted by atomic mass is 9.91. The van der Waals surface area contributed by atoms with Gasteiger partial charge < -0.3 is 0 Å². The molecule has 1 unspecified atom stereocenters. The van der Waals surface area contributed by atoms with E-state index in [2.05, 4.69) is 40.3 Å². The number of hydrogen-bond donors (Lipinski definition) is 0. The predicted octanol–water partition coefficient (Wildman–Crippen LogP) is 4.34. The van der Waals surface area contributed by atoms with E-state index >= 15 is 0 Å². The molecule has 0 bridgehead atoms. The quantitative estimate of drug-likeness (QED) is 0.533. The number of hydrogen-bond acceptors (Lipinski definition) is 0.